The normalized spacial score (nSPS) is 12.9. The van der Waals surface area contributed by atoms with Crippen LogP contribution in [0.5, 0.6) is 0 Å². The largest absolute Gasteiger partial charge is 0.389 e. The zero-order valence-electron chi connectivity index (χ0n) is 10.3. The zero-order valence-corrected chi connectivity index (χ0v) is 10.3. The van der Waals surface area contributed by atoms with E-state index < -0.39 is 6.10 Å². The van der Waals surface area contributed by atoms with Crippen LogP contribution >= 0.6 is 0 Å². The quantitative estimate of drug-likeness (QED) is 0.543. The van der Waals surface area contributed by atoms with Gasteiger partial charge in [0.25, 0.3) is 0 Å². The summed E-state index contributed by atoms with van der Waals surface area (Å²) in [5, 5.41) is 20.6. The van der Waals surface area contributed by atoms with Gasteiger partial charge in [-0.3, -0.25) is 0 Å². The molecule has 0 amide bonds. The molecule has 2 N–H and O–H groups in total. The van der Waals surface area contributed by atoms with Crippen molar-refractivity contribution in [3.8, 4) is 0 Å². The maximum absolute atomic E-state index is 9.51. The average molecular weight is 244 g/mol. The van der Waals surface area contributed by atoms with Gasteiger partial charge < -0.3 is 19.9 Å². The van der Waals surface area contributed by atoms with Crippen LogP contribution in [-0.2, 0) is 22.6 Å². The van der Waals surface area contributed by atoms with Crippen molar-refractivity contribution < 1.29 is 14.6 Å². The van der Waals surface area contributed by atoms with E-state index in [0.29, 0.717) is 26.3 Å². The summed E-state index contributed by atoms with van der Waals surface area (Å²) in [6.07, 6.45) is 1.24. The fraction of sp³-hybridized carbons (Fsp3) is 0.800. The number of ether oxygens (including phenoxy) is 2. The van der Waals surface area contributed by atoms with Crippen LogP contribution < -0.4 is 5.32 Å². The standard InChI is InChI=1S/C10H20N4O3/c1-16-4-3-11-5-9-6-14(13-12-9)7-10(15)8-17-2/h6,10-11,15H,3-5,7-8H2,1-2H3. The molecule has 1 aromatic rings. The zero-order chi connectivity index (χ0) is 12.5. The van der Waals surface area contributed by atoms with E-state index >= 15 is 0 Å². The molecule has 0 aliphatic carbocycles. The molecule has 1 unspecified atom stereocenters. The molecular formula is C10H20N4O3. The molecule has 0 spiro atoms. The Kier molecular flexibility index (Phi) is 6.71. The van der Waals surface area contributed by atoms with Crippen molar-refractivity contribution in [2.75, 3.05) is 34.0 Å². The van der Waals surface area contributed by atoms with Crippen molar-refractivity contribution in [3.05, 3.63) is 11.9 Å². The summed E-state index contributed by atoms with van der Waals surface area (Å²) in [4.78, 5) is 0. The minimum absolute atomic E-state index is 0.293. The molecule has 17 heavy (non-hydrogen) atoms. The Morgan fingerprint density at radius 1 is 1.47 bits per heavy atom. The van der Waals surface area contributed by atoms with Crippen molar-refractivity contribution in [2.45, 2.75) is 19.2 Å². The van der Waals surface area contributed by atoms with Gasteiger partial charge in [0, 0.05) is 33.5 Å². The van der Waals surface area contributed by atoms with Gasteiger partial charge >= 0.3 is 0 Å². The Balaban J connectivity index is 2.27. The van der Waals surface area contributed by atoms with Gasteiger partial charge in [-0.25, -0.2) is 4.68 Å². The van der Waals surface area contributed by atoms with Gasteiger partial charge in [-0.05, 0) is 0 Å². The lowest BCUT2D eigenvalue weighted by atomic mass is 10.4. The number of methoxy groups -OCH3 is 2. The van der Waals surface area contributed by atoms with Gasteiger partial charge in [0.15, 0.2) is 0 Å². The Hall–Kier alpha value is -1.02. The van der Waals surface area contributed by atoms with Crippen LogP contribution in [0.2, 0.25) is 0 Å². The second-order valence-electron chi connectivity index (χ2n) is 3.71. The van der Waals surface area contributed by atoms with E-state index in [1.165, 1.54) is 0 Å². The molecule has 0 fully saturated rings. The van der Waals surface area contributed by atoms with E-state index in [1.54, 1.807) is 25.1 Å². The smallest absolute Gasteiger partial charge is 0.0969 e. The summed E-state index contributed by atoms with van der Waals surface area (Å²) in [6, 6.07) is 0. The number of hydrogen-bond acceptors (Lipinski definition) is 6. The summed E-state index contributed by atoms with van der Waals surface area (Å²) < 4.78 is 11.4. The number of rotatable bonds is 9. The second-order valence-corrected chi connectivity index (χ2v) is 3.71. The molecule has 0 bridgehead atoms. The predicted molar refractivity (Wildman–Crippen MR) is 61.5 cm³/mol. The molecular weight excluding hydrogens is 224 g/mol. The van der Waals surface area contributed by atoms with Crippen LogP contribution in [0, 0.1) is 0 Å². The van der Waals surface area contributed by atoms with Crippen molar-refractivity contribution in [3.63, 3.8) is 0 Å². The summed E-state index contributed by atoms with van der Waals surface area (Å²) in [5.74, 6) is 0. The summed E-state index contributed by atoms with van der Waals surface area (Å²) >= 11 is 0. The van der Waals surface area contributed by atoms with E-state index in [4.69, 9.17) is 9.47 Å². The Bertz CT molecular complexity index is 305. The fourth-order valence-corrected chi connectivity index (χ4v) is 1.36. The van der Waals surface area contributed by atoms with E-state index in [9.17, 15) is 5.11 Å². The molecule has 0 saturated carbocycles. The SMILES string of the molecule is COCCNCc1cn(CC(O)COC)nn1. The van der Waals surface area contributed by atoms with E-state index in [0.717, 1.165) is 12.2 Å². The van der Waals surface area contributed by atoms with Crippen LogP contribution in [0.4, 0.5) is 0 Å². The van der Waals surface area contributed by atoms with Gasteiger partial charge in [-0.15, -0.1) is 5.10 Å². The predicted octanol–water partition coefficient (Wildman–Crippen LogP) is -0.979. The van der Waals surface area contributed by atoms with Crippen molar-refractivity contribution in [1.82, 2.24) is 20.3 Å². The molecule has 1 heterocycles. The van der Waals surface area contributed by atoms with Crippen molar-refractivity contribution in [2.24, 2.45) is 0 Å². The highest BCUT2D eigenvalue weighted by Crippen LogP contribution is 1.95. The first kappa shape index (κ1) is 14.0. The Morgan fingerprint density at radius 3 is 3.00 bits per heavy atom. The second kappa shape index (κ2) is 8.13. The number of nitrogens with one attached hydrogen (secondary N) is 1. The van der Waals surface area contributed by atoms with Crippen LogP contribution in [0.25, 0.3) is 0 Å². The highest BCUT2D eigenvalue weighted by Gasteiger charge is 2.06. The third-order valence-electron chi connectivity index (χ3n) is 2.13. The number of aromatic nitrogens is 3. The summed E-state index contributed by atoms with van der Waals surface area (Å²) in [5.41, 5.74) is 0.839. The Morgan fingerprint density at radius 2 is 2.29 bits per heavy atom. The van der Waals surface area contributed by atoms with Gasteiger partial charge in [0.05, 0.1) is 31.6 Å². The van der Waals surface area contributed by atoms with Crippen LogP contribution in [0.15, 0.2) is 6.20 Å². The lowest BCUT2D eigenvalue weighted by Crippen LogP contribution is -2.21. The molecule has 1 aromatic heterocycles. The first-order valence-corrected chi connectivity index (χ1v) is 5.52. The highest BCUT2D eigenvalue weighted by atomic mass is 16.5. The molecule has 0 radical (unpaired) electrons. The summed E-state index contributed by atoms with van der Waals surface area (Å²) in [7, 11) is 3.21. The topological polar surface area (TPSA) is 81.4 Å². The van der Waals surface area contributed by atoms with Crippen molar-refractivity contribution >= 4 is 0 Å². The lowest BCUT2D eigenvalue weighted by molar-refractivity contribution is 0.0510. The monoisotopic (exact) mass is 244 g/mol. The lowest BCUT2D eigenvalue weighted by Gasteiger charge is -2.07. The first-order valence-electron chi connectivity index (χ1n) is 5.52. The molecule has 1 rings (SSSR count). The molecule has 7 nitrogen and oxygen atoms in total. The molecule has 0 aliphatic heterocycles. The first-order chi connectivity index (χ1) is 8.26. The van der Waals surface area contributed by atoms with Gasteiger partial charge in [-0.2, -0.15) is 0 Å². The number of nitrogens with zero attached hydrogens (tertiary/aromatic N) is 3. The van der Waals surface area contributed by atoms with Crippen molar-refractivity contribution in [1.29, 1.82) is 0 Å². The number of hydrogen-bond donors (Lipinski definition) is 2. The van der Waals surface area contributed by atoms with E-state index in [1.807, 2.05) is 0 Å². The fourth-order valence-electron chi connectivity index (χ4n) is 1.36. The van der Waals surface area contributed by atoms with Crippen LogP contribution in [0.3, 0.4) is 0 Å². The Labute approximate surface area is 101 Å². The number of aliphatic hydroxyl groups is 1. The van der Waals surface area contributed by atoms with Gasteiger partial charge in [-0.1, -0.05) is 5.21 Å². The van der Waals surface area contributed by atoms with Gasteiger partial charge in [0.2, 0.25) is 0 Å². The van der Waals surface area contributed by atoms with Crippen LogP contribution in [0.1, 0.15) is 5.69 Å². The van der Waals surface area contributed by atoms with E-state index in [2.05, 4.69) is 15.6 Å². The maximum atomic E-state index is 9.51. The maximum Gasteiger partial charge on any atom is 0.0969 e. The third-order valence-corrected chi connectivity index (χ3v) is 2.13. The molecule has 98 valence electrons. The van der Waals surface area contributed by atoms with Crippen LogP contribution in [-0.4, -0.2) is 60.2 Å². The molecule has 7 heteroatoms. The minimum atomic E-state index is -0.559. The molecule has 0 aromatic carbocycles. The highest BCUT2D eigenvalue weighted by molar-refractivity contribution is 4.91. The number of aliphatic hydroxyl groups excluding tert-OH is 1. The molecule has 1 atom stereocenters. The third kappa shape index (κ3) is 5.73. The van der Waals surface area contributed by atoms with Gasteiger partial charge in [0.1, 0.15) is 0 Å². The van der Waals surface area contributed by atoms with E-state index in [-0.39, 0.29) is 0 Å². The molecule has 0 saturated heterocycles. The minimum Gasteiger partial charge on any atom is -0.389 e. The summed E-state index contributed by atoms with van der Waals surface area (Å²) in [6.45, 7) is 2.76. The average Bonchev–Trinajstić information content (AvgIpc) is 2.72. The molecule has 0 aliphatic rings.